The lowest BCUT2D eigenvalue weighted by Gasteiger charge is -2.15. The number of likely N-dealkylation sites (tertiary alicyclic amines) is 1. The first-order valence-electron chi connectivity index (χ1n) is 7.70. The van der Waals surface area contributed by atoms with Crippen LogP contribution in [-0.2, 0) is 0 Å². The fourth-order valence-corrected chi connectivity index (χ4v) is 3.44. The first-order valence-corrected chi connectivity index (χ1v) is 7.70. The van der Waals surface area contributed by atoms with Gasteiger partial charge in [-0.2, -0.15) is 0 Å². The highest BCUT2D eigenvalue weighted by molar-refractivity contribution is 5.92. The highest BCUT2D eigenvalue weighted by Crippen LogP contribution is 2.27. The summed E-state index contributed by atoms with van der Waals surface area (Å²) < 4.78 is 1.67. The van der Waals surface area contributed by atoms with Crippen molar-refractivity contribution in [3.63, 3.8) is 0 Å². The maximum Gasteiger partial charge on any atom is 0.276 e. The Morgan fingerprint density at radius 3 is 2.77 bits per heavy atom. The van der Waals surface area contributed by atoms with E-state index < -0.39 is 0 Å². The van der Waals surface area contributed by atoms with Crippen LogP contribution in [-0.4, -0.2) is 52.0 Å². The van der Waals surface area contributed by atoms with Gasteiger partial charge in [0.15, 0.2) is 5.69 Å². The van der Waals surface area contributed by atoms with Gasteiger partial charge in [-0.3, -0.25) is 4.79 Å². The summed E-state index contributed by atoms with van der Waals surface area (Å²) >= 11 is 0. The first kappa shape index (κ1) is 13.5. The van der Waals surface area contributed by atoms with Gasteiger partial charge in [0.1, 0.15) is 0 Å². The summed E-state index contributed by atoms with van der Waals surface area (Å²) in [6.07, 6.45) is 1.73. The Kier molecular flexibility index (Phi) is 3.18. The van der Waals surface area contributed by atoms with E-state index in [0.717, 1.165) is 37.4 Å². The largest absolute Gasteiger partial charge is 0.337 e. The first-order chi connectivity index (χ1) is 10.7. The third-order valence-corrected chi connectivity index (χ3v) is 4.66. The predicted octanol–water partition coefficient (Wildman–Crippen LogP) is 0.867. The zero-order valence-electron chi connectivity index (χ0n) is 12.6. The Labute approximate surface area is 129 Å². The van der Waals surface area contributed by atoms with E-state index in [0.29, 0.717) is 17.5 Å². The van der Waals surface area contributed by atoms with Crippen LogP contribution in [0.25, 0.3) is 5.69 Å². The smallest absolute Gasteiger partial charge is 0.276 e. The van der Waals surface area contributed by atoms with Crippen molar-refractivity contribution in [1.82, 2.24) is 25.2 Å². The van der Waals surface area contributed by atoms with Crippen molar-refractivity contribution >= 4 is 5.91 Å². The molecule has 2 aromatic rings. The molecule has 2 fully saturated rings. The molecule has 114 valence electrons. The fraction of sp³-hybridized carbons (Fsp3) is 0.438. The van der Waals surface area contributed by atoms with Crippen LogP contribution in [0.5, 0.6) is 0 Å². The average molecular weight is 297 g/mol. The zero-order valence-corrected chi connectivity index (χ0v) is 12.6. The number of rotatable bonds is 2. The van der Waals surface area contributed by atoms with Crippen LogP contribution in [0.4, 0.5) is 0 Å². The molecule has 0 spiro atoms. The van der Waals surface area contributed by atoms with Gasteiger partial charge in [0.2, 0.25) is 0 Å². The van der Waals surface area contributed by atoms with Crippen molar-refractivity contribution in [3.05, 3.63) is 41.7 Å². The normalized spacial score (nSPS) is 23.8. The summed E-state index contributed by atoms with van der Waals surface area (Å²) in [6, 6.07) is 7.99. The molecule has 1 aromatic carbocycles. The van der Waals surface area contributed by atoms with Gasteiger partial charge < -0.3 is 10.2 Å². The summed E-state index contributed by atoms with van der Waals surface area (Å²) in [5.41, 5.74) is 2.50. The maximum atomic E-state index is 12.6. The Morgan fingerprint density at radius 2 is 2.05 bits per heavy atom. The molecule has 0 radical (unpaired) electrons. The van der Waals surface area contributed by atoms with Crippen molar-refractivity contribution in [2.24, 2.45) is 11.8 Å². The summed E-state index contributed by atoms with van der Waals surface area (Å²) in [6.45, 7) is 5.72. The summed E-state index contributed by atoms with van der Waals surface area (Å²) in [4.78, 5) is 14.5. The average Bonchev–Trinajstić information content (AvgIpc) is 3.22. The fourth-order valence-electron chi connectivity index (χ4n) is 3.44. The predicted molar refractivity (Wildman–Crippen MR) is 81.8 cm³/mol. The summed E-state index contributed by atoms with van der Waals surface area (Å²) in [7, 11) is 0. The van der Waals surface area contributed by atoms with Crippen molar-refractivity contribution in [2.45, 2.75) is 6.92 Å². The molecule has 2 saturated heterocycles. The lowest BCUT2D eigenvalue weighted by Crippen LogP contribution is -2.32. The van der Waals surface area contributed by atoms with Gasteiger partial charge in [-0.25, -0.2) is 4.68 Å². The van der Waals surface area contributed by atoms with Crippen molar-refractivity contribution in [3.8, 4) is 5.69 Å². The quantitative estimate of drug-likeness (QED) is 0.893. The number of nitrogens with one attached hydrogen (secondary N) is 1. The molecule has 0 saturated carbocycles. The zero-order chi connectivity index (χ0) is 15.1. The van der Waals surface area contributed by atoms with E-state index >= 15 is 0 Å². The van der Waals surface area contributed by atoms with Gasteiger partial charge in [0.25, 0.3) is 5.91 Å². The minimum Gasteiger partial charge on any atom is -0.337 e. The van der Waals surface area contributed by atoms with Crippen molar-refractivity contribution < 1.29 is 4.79 Å². The van der Waals surface area contributed by atoms with E-state index in [1.165, 1.54) is 0 Å². The topological polar surface area (TPSA) is 63.1 Å². The molecule has 3 heterocycles. The summed E-state index contributed by atoms with van der Waals surface area (Å²) in [5.74, 6) is 1.18. The SMILES string of the molecule is Cc1cccc(-n2cc(C(=O)N3C[C@H]4CNC[C@H]4C3)nn2)c1. The minimum atomic E-state index is -0.00620. The molecule has 1 aromatic heterocycles. The number of benzene rings is 1. The maximum absolute atomic E-state index is 12.6. The number of carbonyl (C=O) groups excluding carboxylic acids is 1. The van der Waals surface area contributed by atoms with E-state index in [2.05, 4.69) is 15.6 Å². The highest BCUT2D eigenvalue weighted by Gasteiger charge is 2.38. The molecule has 2 aliphatic rings. The third kappa shape index (κ3) is 2.29. The number of aromatic nitrogens is 3. The van der Waals surface area contributed by atoms with Gasteiger partial charge in [-0.1, -0.05) is 17.3 Å². The Bertz CT molecular complexity index is 698. The molecule has 6 heteroatoms. The molecule has 0 unspecified atom stereocenters. The standard InChI is InChI=1S/C16H19N5O/c1-11-3-2-4-14(5-11)21-10-15(18-19-21)16(22)20-8-12-6-17-7-13(12)9-20/h2-5,10,12-13,17H,6-9H2,1H3/t12-,13+. The van der Waals surface area contributed by atoms with Gasteiger partial charge in [-0.15, -0.1) is 5.10 Å². The number of nitrogens with zero attached hydrogens (tertiary/aromatic N) is 4. The molecule has 1 amide bonds. The Balaban J connectivity index is 1.53. The number of hydrogen-bond donors (Lipinski definition) is 1. The van der Waals surface area contributed by atoms with Crippen molar-refractivity contribution in [2.75, 3.05) is 26.2 Å². The second-order valence-corrected chi connectivity index (χ2v) is 6.28. The van der Waals surface area contributed by atoms with Crippen LogP contribution in [0.15, 0.2) is 30.5 Å². The van der Waals surface area contributed by atoms with Crippen LogP contribution in [0, 0.1) is 18.8 Å². The van der Waals surface area contributed by atoms with Crippen LogP contribution in [0.1, 0.15) is 16.1 Å². The molecule has 22 heavy (non-hydrogen) atoms. The van der Waals surface area contributed by atoms with Crippen LogP contribution >= 0.6 is 0 Å². The molecule has 2 aliphatic heterocycles. The van der Waals surface area contributed by atoms with E-state index in [1.807, 2.05) is 36.1 Å². The second-order valence-electron chi connectivity index (χ2n) is 6.28. The third-order valence-electron chi connectivity index (χ3n) is 4.66. The Morgan fingerprint density at radius 1 is 1.27 bits per heavy atom. The van der Waals surface area contributed by atoms with Gasteiger partial charge >= 0.3 is 0 Å². The van der Waals surface area contributed by atoms with Crippen LogP contribution in [0.3, 0.4) is 0 Å². The Hall–Kier alpha value is -2.21. The van der Waals surface area contributed by atoms with E-state index in [9.17, 15) is 4.79 Å². The molecular formula is C16H19N5O. The van der Waals surface area contributed by atoms with Gasteiger partial charge in [0.05, 0.1) is 11.9 Å². The molecule has 0 aliphatic carbocycles. The molecular weight excluding hydrogens is 278 g/mol. The number of carbonyl (C=O) groups is 1. The molecule has 2 atom stereocenters. The molecule has 6 nitrogen and oxygen atoms in total. The lowest BCUT2D eigenvalue weighted by molar-refractivity contribution is 0.0776. The second kappa shape index (κ2) is 5.21. The van der Waals surface area contributed by atoms with E-state index in [1.54, 1.807) is 10.9 Å². The van der Waals surface area contributed by atoms with Crippen molar-refractivity contribution in [1.29, 1.82) is 0 Å². The van der Waals surface area contributed by atoms with Gasteiger partial charge in [0, 0.05) is 26.2 Å². The number of fused-ring (bicyclic) bond motifs is 1. The van der Waals surface area contributed by atoms with Crippen LogP contribution < -0.4 is 5.32 Å². The van der Waals surface area contributed by atoms with E-state index in [4.69, 9.17) is 0 Å². The van der Waals surface area contributed by atoms with Crippen LogP contribution in [0.2, 0.25) is 0 Å². The van der Waals surface area contributed by atoms with E-state index in [-0.39, 0.29) is 5.91 Å². The number of amides is 1. The molecule has 4 rings (SSSR count). The summed E-state index contributed by atoms with van der Waals surface area (Å²) in [5, 5.41) is 11.6. The minimum absolute atomic E-state index is 0.00620. The molecule has 0 bridgehead atoms. The molecule has 1 N–H and O–H groups in total. The highest BCUT2D eigenvalue weighted by atomic mass is 16.2. The number of hydrogen-bond acceptors (Lipinski definition) is 4. The lowest BCUT2D eigenvalue weighted by atomic mass is 10.0. The van der Waals surface area contributed by atoms with Gasteiger partial charge in [-0.05, 0) is 36.5 Å². The number of aryl methyl sites for hydroxylation is 1. The monoisotopic (exact) mass is 297 g/mol.